The molecule has 1 fully saturated rings. The summed E-state index contributed by atoms with van der Waals surface area (Å²) >= 11 is 0. The van der Waals surface area contributed by atoms with Gasteiger partial charge in [0.05, 0.1) is 0 Å². The van der Waals surface area contributed by atoms with E-state index in [1.807, 2.05) is 0 Å². The predicted molar refractivity (Wildman–Crippen MR) is 181 cm³/mol. The minimum absolute atomic E-state index is 0.134. The fraction of sp³-hybridized carbons (Fsp3) is 0.167. The molecule has 1 heterocycles. The molecule has 1 saturated heterocycles. The third-order valence-corrected chi connectivity index (χ3v) is 9.02. The maximum Gasteiger partial charge on any atom is 0.261 e. The molecule has 5 rings (SSSR count). The first-order valence-electron chi connectivity index (χ1n) is 15.6. The van der Waals surface area contributed by atoms with Gasteiger partial charge in [0.25, 0.3) is 5.79 Å². The van der Waals surface area contributed by atoms with Gasteiger partial charge < -0.3 is 81.3 Å². The van der Waals surface area contributed by atoms with Crippen molar-refractivity contribution in [2.24, 2.45) is 0 Å². The molecule has 0 saturated carbocycles. The van der Waals surface area contributed by atoms with Gasteiger partial charge in [-0.1, -0.05) is 18.2 Å². The van der Waals surface area contributed by atoms with Crippen molar-refractivity contribution in [1.29, 1.82) is 0 Å². The Labute approximate surface area is 311 Å². The van der Waals surface area contributed by atoms with Gasteiger partial charge in [-0.3, -0.25) is 19.2 Å². The number of aliphatic hydroxyl groups is 5. The second-order valence-electron chi connectivity index (χ2n) is 12.5. The topological polar surface area (TPSA) is 381 Å². The average Bonchev–Trinajstić information content (AvgIpc) is 3.16. The lowest BCUT2D eigenvalue weighted by Gasteiger charge is -2.55. The van der Waals surface area contributed by atoms with Gasteiger partial charge in [-0.25, -0.2) is 0 Å². The molecule has 4 aromatic rings. The van der Waals surface area contributed by atoms with Crippen LogP contribution in [0.5, 0.6) is 57.5 Å². The van der Waals surface area contributed by atoms with Crippen molar-refractivity contribution in [3.05, 3.63) is 89.0 Å². The van der Waals surface area contributed by atoms with Crippen LogP contribution >= 0.6 is 0 Å². The van der Waals surface area contributed by atoms with Crippen LogP contribution in [0, 0.1) is 0 Å². The minimum atomic E-state index is -4.58. The van der Waals surface area contributed by atoms with E-state index in [0.29, 0.717) is 30.3 Å². The van der Waals surface area contributed by atoms with Gasteiger partial charge in [0.1, 0.15) is 11.9 Å². The molecular formula is C36H30O20. The van der Waals surface area contributed by atoms with E-state index in [9.17, 15) is 95.8 Å². The van der Waals surface area contributed by atoms with Crippen molar-refractivity contribution < 1.29 is 101 Å². The molecule has 1 unspecified atom stereocenters. The summed E-state index contributed by atoms with van der Waals surface area (Å²) in [6, 6.07) is 7.21. The number of hydrogen-bond donors (Lipinski definition) is 15. The molecule has 0 aromatic heterocycles. The highest BCUT2D eigenvalue weighted by molar-refractivity contribution is 6.17. The molecule has 1 aliphatic heterocycles. The first kappa shape index (κ1) is 40.2. The Hall–Kier alpha value is -6.94. The number of aromatic hydroxyl groups is 10. The SMILES string of the molecule is O=C(C(O)c1cc(O)c(O)c(O)c1)[C@H]1O[C@](O)(C(=O)C=Cc2ccccc2O)[C@H](O)[C@](O)(C(=O)c2cc(O)c(O)c(O)c2)[C@@]1(O)C(=O)c1cc(O)c(O)c(O)c1. The van der Waals surface area contributed by atoms with Gasteiger partial charge in [0.2, 0.25) is 23.0 Å². The molecule has 6 atom stereocenters. The fourth-order valence-electron chi connectivity index (χ4n) is 5.98. The molecule has 0 radical (unpaired) electrons. The maximum atomic E-state index is 14.4. The van der Waals surface area contributed by atoms with Gasteiger partial charge in [-0.05, 0) is 60.2 Å². The van der Waals surface area contributed by atoms with Gasteiger partial charge in [0, 0.05) is 16.7 Å². The van der Waals surface area contributed by atoms with Crippen LogP contribution in [-0.2, 0) is 14.3 Å². The number of phenols is 10. The summed E-state index contributed by atoms with van der Waals surface area (Å²) in [6.07, 6.45) is -8.88. The third-order valence-electron chi connectivity index (χ3n) is 9.02. The highest BCUT2D eigenvalue weighted by atomic mass is 16.7. The number of rotatable bonds is 10. The summed E-state index contributed by atoms with van der Waals surface area (Å²) in [7, 11) is 0. The van der Waals surface area contributed by atoms with E-state index < -0.39 is 133 Å². The molecule has 294 valence electrons. The standard InChI is InChI=1S/C36H30O20/c37-17-4-2-1-3-13(17)5-6-24(44)36(55)33(52)35(54,31(51)16-11-22(42)28(48)23(43)12-16)34(53,30(50)15-9-20(40)27(47)21(41)10-15)32(56-36)29(49)25(45)14-7-18(38)26(46)19(39)8-14/h1-12,25,32-33,37-43,45-48,52-55H/t25?,32-,33-,34-,35-,36-/m1/s1. The Morgan fingerprint density at radius 3 is 1.46 bits per heavy atom. The van der Waals surface area contributed by atoms with Crippen LogP contribution in [0.25, 0.3) is 6.08 Å². The number of benzene rings is 4. The lowest BCUT2D eigenvalue weighted by Crippen LogP contribution is -2.84. The van der Waals surface area contributed by atoms with E-state index in [2.05, 4.69) is 0 Å². The van der Waals surface area contributed by atoms with E-state index in [0.717, 1.165) is 12.1 Å². The van der Waals surface area contributed by atoms with Crippen molar-refractivity contribution in [2.75, 3.05) is 0 Å². The van der Waals surface area contributed by atoms with Crippen molar-refractivity contribution in [1.82, 2.24) is 0 Å². The van der Waals surface area contributed by atoms with E-state index in [4.69, 9.17) is 4.74 Å². The lowest BCUT2D eigenvalue weighted by molar-refractivity contribution is -0.350. The number of aliphatic hydroxyl groups excluding tert-OH is 2. The summed E-state index contributed by atoms with van der Waals surface area (Å²) in [6.45, 7) is 0. The molecule has 0 aliphatic carbocycles. The minimum Gasteiger partial charge on any atom is -0.507 e. The van der Waals surface area contributed by atoms with Gasteiger partial charge in [0.15, 0.2) is 75.3 Å². The molecule has 20 heteroatoms. The van der Waals surface area contributed by atoms with Crippen molar-refractivity contribution >= 4 is 29.2 Å². The van der Waals surface area contributed by atoms with Crippen LogP contribution in [0.2, 0.25) is 0 Å². The lowest BCUT2D eigenvalue weighted by atomic mass is 9.62. The Kier molecular flexibility index (Phi) is 10.1. The predicted octanol–water partition coefficient (Wildman–Crippen LogP) is -0.696. The van der Waals surface area contributed by atoms with Gasteiger partial charge >= 0.3 is 0 Å². The molecule has 20 nitrogen and oxygen atoms in total. The Morgan fingerprint density at radius 1 is 0.607 bits per heavy atom. The van der Waals surface area contributed by atoms with Crippen LogP contribution < -0.4 is 0 Å². The molecule has 56 heavy (non-hydrogen) atoms. The number of ketones is 4. The highest BCUT2D eigenvalue weighted by Crippen LogP contribution is 2.50. The van der Waals surface area contributed by atoms with E-state index in [1.165, 1.54) is 18.2 Å². The number of hydrogen-bond acceptors (Lipinski definition) is 20. The van der Waals surface area contributed by atoms with E-state index >= 15 is 0 Å². The van der Waals surface area contributed by atoms with Crippen LogP contribution in [0.3, 0.4) is 0 Å². The number of phenolic OH excluding ortho intramolecular Hbond substituents is 10. The van der Waals surface area contributed by atoms with Crippen LogP contribution in [0.15, 0.2) is 66.7 Å². The summed E-state index contributed by atoms with van der Waals surface area (Å²) in [5, 5.41) is 160. The molecule has 0 bridgehead atoms. The molecule has 15 N–H and O–H groups in total. The van der Waals surface area contributed by atoms with Gasteiger partial charge in [-0.2, -0.15) is 0 Å². The van der Waals surface area contributed by atoms with E-state index in [-0.39, 0.29) is 17.7 Å². The quantitative estimate of drug-likeness (QED) is 0.0537. The molecule has 1 aliphatic rings. The normalized spacial score (nSPS) is 24.1. The largest absolute Gasteiger partial charge is 0.507 e. The van der Waals surface area contributed by atoms with Gasteiger partial charge in [-0.15, -0.1) is 0 Å². The zero-order valence-electron chi connectivity index (χ0n) is 27.9. The van der Waals surface area contributed by atoms with Crippen LogP contribution in [0.1, 0.15) is 37.9 Å². The fourth-order valence-corrected chi connectivity index (χ4v) is 5.98. The smallest absolute Gasteiger partial charge is 0.261 e. The number of carbonyl (C=O) groups excluding carboxylic acids is 4. The third kappa shape index (κ3) is 6.18. The monoisotopic (exact) mass is 782 g/mol. The Balaban J connectivity index is 1.84. The Bertz CT molecular complexity index is 2270. The van der Waals surface area contributed by atoms with Crippen molar-refractivity contribution in [2.45, 2.75) is 35.3 Å². The average molecular weight is 783 g/mol. The number of carbonyl (C=O) groups is 4. The maximum absolute atomic E-state index is 14.4. The zero-order chi connectivity index (χ0) is 41.8. The number of para-hydroxylation sites is 1. The zero-order valence-corrected chi connectivity index (χ0v) is 27.9. The molecule has 0 spiro atoms. The van der Waals surface area contributed by atoms with Crippen molar-refractivity contribution in [3.63, 3.8) is 0 Å². The van der Waals surface area contributed by atoms with Crippen LogP contribution in [0.4, 0.5) is 0 Å². The first-order chi connectivity index (χ1) is 26.0. The Morgan fingerprint density at radius 2 is 1.02 bits per heavy atom. The summed E-state index contributed by atoms with van der Waals surface area (Å²) in [4.78, 5) is 56.8. The number of Topliss-reactive ketones (excluding diaryl/α,β-unsaturated/α-hetero) is 3. The van der Waals surface area contributed by atoms with E-state index in [1.54, 1.807) is 0 Å². The first-order valence-corrected chi connectivity index (χ1v) is 15.6. The second-order valence-corrected chi connectivity index (χ2v) is 12.5. The summed E-state index contributed by atoms with van der Waals surface area (Å²) in [5.41, 5.74) is -12.6. The highest BCUT2D eigenvalue weighted by Gasteiger charge is 2.78. The summed E-state index contributed by atoms with van der Waals surface area (Å²) in [5.74, 6) is -24.4. The molecular weight excluding hydrogens is 752 g/mol. The molecule has 0 amide bonds. The number of ether oxygens (including phenoxy) is 1. The molecule has 4 aromatic carbocycles. The summed E-state index contributed by atoms with van der Waals surface area (Å²) < 4.78 is 5.21. The second kappa shape index (κ2) is 14.0. The van der Waals surface area contributed by atoms with Crippen LogP contribution in [-0.4, -0.2) is 129 Å². The van der Waals surface area contributed by atoms with Crippen molar-refractivity contribution in [3.8, 4) is 57.5 Å².